The summed E-state index contributed by atoms with van der Waals surface area (Å²) in [5.41, 5.74) is 0.624. The Balaban J connectivity index is 1.51. The largest absolute Gasteiger partial charge is 0.379 e. The molecular formula is C17H19Cl2N5O2. The van der Waals surface area contributed by atoms with Gasteiger partial charge in [-0.15, -0.1) is 10.2 Å². The van der Waals surface area contributed by atoms with Crippen molar-refractivity contribution in [3.05, 3.63) is 46.1 Å². The number of carbonyl (C=O) groups excluding carboxylic acids is 1. The Morgan fingerprint density at radius 2 is 1.96 bits per heavy atom. The first-order chi connectivity index (χ1) is 12.6. The molecule has 138 valence electrons. The number of morpholine rings is 1. The minimum Gasteiger partial charge on any atom is -0.379 e. The molecule has 0 spiro atoms. The first-order valence-electron chi connectivity index (χ1n) is 8.26. The first-order valence-corrected chi connectivity index (χ1v) is 9.02. The maximum Gasteiger partial charge on any atom is 0.276 e. The number of nitrogens with one attached hydrogen (secondary N) is 2. The van der Waals surface area contributed by atoms with Gasteiger partial charge in [0, 0.05) is 26.2 Å². The molecule has 7 nitrogen and oxygen atoms in total. The molecule has 1 saturated heterocycles. The molecule has 26 heavy (non-hydrogen) atoms. The number of rotatable bonds is 6. The maximum absolute atomic E-state index is 12.3. The van der Waals surface area contributed by atoms with Gasteiger partial charge in [0.05, 0.1) is 28.9 Å². The quantitative estimate of drug-likeness (QED) is 0.782. The topological polar surface area (TPSA) is 79.4 Å². The third kappa shape index (κ3) is 5.04. The Bertz CT molecular complexity index is 751. The van der Waals surface area contributed by atoms with Crippen molar-refractivity contribution >= 4 is 40.6 Å². The van der Waals surface area contributed by atoms with E-state index in [-0.39, 0.29) is 10.7 Å². The van der Waals surface area contributed by atoms with Crippen LogP contribution in [-0.4, -0.2) is 60.4 Å². The minimum absolute atomic E-state index is 0.194. The molecule has 1 aliphatic heterocycles. The molecule has 0 unspecified atom stereocenters. The van der Waals surface area contributed by atoms with E-state index < -0.39 is 5.91 Å². The van der Waals surface area contributed by atoms with Crippen molar-refractivity contribution in [2.24, 2.45) is 0 Å². The molecule has 3 rings (SSSR count). The van der Waals surface area contributed by atoms with Crippen LogP contribution in [0.4, 0.5) is 11.5 Å². The van der Waals surface area contributed by atoms with Crippen LogP contribution in [0.1, 0.15) is 10.5 Å². The third-order valence-corrected chi connectivity index (χ3v) is 4.75. The van der Waals surface area contributed by atoms with Crippen molar-refractivity contribution in [3.63, 3.8) is 0 Å². The van der Waals surface area contributed by atoms with Gasteiger partial charge in [0.2, 0.25) is 0 Å². The van der Waals surface area contributed by atoms with Gasteiger partial charge >= 0.3 is 0 Å². The summed E-state index contributed by atoms with van der Waals surface area (Å²) in [6.07, 6.45) is 0. The molecule has 1 aromatic carbocycles. The molecule has 1 fully saturated rings. The third-order valence-electron chi connectivity index (χ3n) is 3.93. The van der Waals surface area contributed by atoms with Gasteiger partial charge in [0.1, 0.15) is 5.82 Å². The zero-order chi connectivity index (χ0) is 18.4. The van der Waals surface area contributed by atoms with E-state index in [1.54, 1.807) is 30.3 Å². The fourth-order valence-electron chi connectivity index (χ4n) is 2.50. The number of hydrogen-bond acceptors (Lipinski definition) is 6. The SMILES string of the molecule is O=C(Nc1cccc(Cl)c1Cl)c1ccc(NCCN2CCOCC2)nn1. The van der Waals surface area contributed by atoms with Crippen LogP contribution in [0.2, 0.25) is 10.0 Å². The average Bonchev–Trinajstić information content (AvgIpc) is 2.67. The molecule has 2 aromatic rings. The van der Waals surface area contributed by atoms with Crippen molar-refractivity contribution in [1.82, 2.24) is 15.1 Å². The monoisotopic (exact) mass is 395 g/mol. The number of carbonyl (C=O) groups is 1. The molecule has 9 heteroatoms. The Hall–Kier alpha value is -1.93. The van der Waals surface area contributed by atoms with E-state index in [1.807, 2.05) is 0 Å². The Labute approximate surface area is 161 Å². The lowest BCUT2D eigenvalue weighted by atomic mass is 10.3. The van der Waals surface area contributed by atoms with E-state index >= 15 is 0 Å². The lowest BCUT2D eigenvalue weighted by Crippen LogP contribution is -2.39. The van der Waals surface area contributed by atoms with Crippen LogP contribution in [-0.2, 0) is 4.74 Å². The summed E-state index contributed by atoms with van der Waals surface area (Å²) >= 11 is 12.0. The van der Waals surface area contributed by atoms with Crippen LogP contribution in [0, 0.1) is 0 Å². The lowest BCUT2D eigenvalue weighted by Gasteiger charge is -2.26. The molecule has 1 amide bonds. The Morgan fingerprint density at radius 3 is 2.69 bits per heavy atom. The smallest absolute Gasteiger partial charge is 0.276 e. The van der Waals surface area contributed by atoms with Crippen molar-refractivity contribution in [2.45, 2.75) is 0 Å². The highest BCUT2D eigenvalue weighted by Crippen LogP contribution is 2.29. The zero-order valence-electron chi connectivity index (χ0n) is 14.0. The summed E-state index contributed by atoms with van der Waals surface area (Å²) in [7, 11) is 0. The van der Waals surface area contributed by atoms with Gasteiger partial charge in [-0.3, -0.25) is 9.69 Å². The molecule has 0 atom stereocenters. The molecule has 1 aromatic heterocycles. The Kier molecular flexibility index (Phi) is 6.62. The highest BCUT2D eigenvalue weighted by Gasteiger charge is 2.13. The van der Waals surface area contributed by atoms with Gasteiger partial charge in [0.25, 0.3) is 5.91 Å². The van der Waals surface area contributed by atoms with E-state index in [0.29, 0.717) is 16.5 Å². The van der Waals surface area contributed by atoms with Crippen molar-refractivity contribution in [2.75, 3.05) is 50.0 Å². The normalized spacial score (nSPS) is 14.8. The zero-order valence-corrected chi connectivity index (χ0v) is 15.6. The number of halogens is 2. The standard InChI is InChI=1S/C17H19Cl2N5O2/c18-12-2-1-3-13(16(12)19)21-17(25)14-4-5-15(23-22-14)20-6-7-24-8-10-26-11-9-24/h1-5H,6-11H2,(H,20,23)(H,21,25). The molecule has 0 saturated carbocycles. The molecular weight excluding hydrogens is 377 g/mol. The molecule has 2 N–H and O–H groups in total. The number of hydrogen-bond donors (Lipinski definition) is 2. The fraction of sp³-hybridized carbons (Fsp3) is 0.353. The Morgan fingerprint density at radius 1 is 1.15 bits per heavy atom. The van der Waals surface area contributed by atoms with Gasteiger partial charge < -0.3 is 15.4 Å². The van der Waals surface area contributed by atoms with Gasteiger partial charge in [-0.1, -0.05) is 29.3 Å². The second-order valence-electron chi connectivity index (χ2n) is 5.74. The summed E-state index contributed by atoms with van der Waals surface area (Å²) in [6, 6.07) is 8.35. The molecule has 1 aliphatic rings. The number of aromatic nitrogens is 2. The molecule has 0 bridgehead atoms. The van der Waals surface area contributed by atoms with E-state index in [9.17, 15) is 4.79 Å². The number of nitrogens with zero attached hydrogens (tertiary/aromatic N) is 3. The van der Waals surface area contributed by atoms with E-state index in [1.165, 1.54) is 0 Å². The number of ether oxygens (including phenoxy) is 1. The summed E-state index contributed by atoms with van der Waals surface area (Å²) in [5, 5.41) is 14.5. The highest BCUT2D eigenvalue weighted by molar-refractivity contribution is 6.44. The lowest BCUT2D eigenvalue weighted by molar-refractivity contribution is 0.0398. The number of amides is 1. The van der Waals surface area contributed by atoms with Crippen molar-refractivity contribution in [3.8, 4) is 0 Å². The number of benzene rings is 1. The van der Waals surface area contributed by atoms with Crippen LogP contribution < -0.4 is 10.6 Å². The van der Waals surface area contributed by atoms with Crippen LogP contribution in [0.15, 0.2) is 30.3 Å². The number of anilines is 2. The summed E-state index contributed by atoms with van der Waals surface area (Å²) in [4.78, 5) is 14.6. The molecule has 0 aliphatic carbocycles. The van der Waals surface area contributed by atoms with Crippen molar-refractivity contribution < 1.29 is 9.53 Å². The predicted octanol–water partition coefficient (Wildman–Crippen LogP) is 2.78. The average molecular weight is 396 g/mol. The van der Waals surface area contributed by atoms with Gasteiger partial charge in [0.15, 0.2) is 5.69 Å². The summed E-state index contributed by atoms with van der Waals surface area (Å²) < 4.78 is 5.32. The van der Waals surface area contributed by atoms with Crippen molar-refractivity contribution in [1.29, 1.82) is 0 Å². The highest BCUT2D eigenvalue weighted by atomic mass is 35.5. The summed E-state index contributed by atoms with van der Waals surface area (Å²) in [5.74, 6) is 0.220. The van der Waals surface area contributed by atoms with E-state index in [4.69, 9.17) is 27.9 Å². The fourth-order valence-corrected chi connectivity index (χ4v) is 2.85. The van der Waals surface area contributed by atoms with Crippen LogP contribution in [0.25, 0.3) is 0 Å². The second kappa shape index (κ2) is 9.14. The van der Waals surface area contributed by atoms with Gasteiger partial charge in [-0.25, -0.2) is 0 Å². The van der Waals surface area contributed by atoms with Crippen LogP contribution in [0.5, 0.6) is 0 Å². The van der Waals surface area contributed by atoms with E-state index in [0.717, 1.165) is 39.4 Å². The second-order valence-corrected chi connectivity index (χ2v) is 6.53. The van der Waals surface area contributed by atoms with E-state index in [2.05, 4.69) is 25.7 Å². The minimum atomic E-state index is -0.401. The summed E-state index contributed by atoms with van der Waals surface area (Å²) in [6.45, 7) is 5.09. The van der Waals surface area contributed by atoms with Crippen LogP contribution in [0.3, 0.4) is 0 Å². The van der Waals surface area contributed by atoms with Gasteiger partial charge in [-0.05, 0) is 24.3 Å². The van der Waals surface area contributed by atoms with Crippen LogP contribution >= 0.6 is 23.2 Å². The first kappa shape index (κ1) is 18.8. The molecule has 0 radical (unpaired) electrons. The maximum atomic E-state index is 12.3. The molecule has 2 heterocycles. The predicted molar refractivity (Wildman–Crippen MR) is 102 cm³/mol. The van der Waals surface area contributed by atoms with Gasteiger partial charge in [-0.2, -0.15) is 0 Å².